The molecule has 1 amide bonds. The lowest BCUT2D eigenvalue weighted by atomic mass is 9.89. The number of ketones is 2. The van der Waals surface area contributed by atoms with Gasteiger partial charge in [-0.3, -0.25) is 24.8 Å². The van der Waals surface area contributed by atoms with Gasteiger partial charge in [-0.25, -0.2) is 4.99 Å². The van der Waals surface area contributed by atoms with Gasteiger partial charge in [0.05, 0.1) is 18.9 Å². The highest BCUT2D eigenvalue weighted by molar-refractivity contribution is 6.51. The Hall–Kier alpha value is -4.34. The Morgan fingerprint density at radius 2 is 1.63 bits per heavy atom. The number of benzene rings is 2. The molecule has 0 spiro atoms. The van der Waals surface area contributed by atoms with Crippen molar-refractivity contribution in [1.29, 1.82) is 5.41 Å². The molecule has 38 heavy (non-hydrogen) atoms. The van der Waals surface area contributed by atoms with Gasteiger partial charge >= 0.3 is 0 Å². The first kappa shape index (κ1) is 28.2. The van der Waals surface area contributed by atoms with Crippen molar-refractivity contribution in [2.24, 2.45) is 10.9 Å². The van der Waals surface area contributed by atoms with Crippen LogP contribution in [0, 0.1) is 11.3 Å². The van der Waals surface area contributed by atoms with Crippen LogP contribution in [0.3, 0.4) is 0 Å². The number of aliphatic hydroxyl groups is 2. The number of carbonyl (C=O) groups is 3. The highest BCUT2D eigenvalue weighted by Gasteiger charge is 2.34. The molecule has 0 radical (unpaired) electrons. The molecule has 0 aliphatic carbocycles. The van der Waals surface area contributed by atoms with Crippen LogP contribution in [0.2, 0.25) is 0 Å². The second-order valence-corrected chi connectivity index (χ2v) is 8.30. The summed E-state index contributed by atoms with van der Waals surface area (Å²) in [5.74, 6) is -3.49. The van der Waals surface area contributed by atoms with E-state index >= 15 is 0 Å². The van der Waals surface area contributed by atoms with E-state index in [4.69, 9.17) is 15.3 Å². The summed E-state index contributed by atoms with van der Waals surface area (Å²) in [6.45, 7) is -0.391. The lowest BCUT2D eigenvalue weighted by Gasteiger charge is -2.13. The first-order valence-electron chi connectivity index (χ1n) is 12.1. The number of nitrogens with one attached hydrogen (secondary N) is 1. The van der Waals surface area contributed by atoms with E-state index < -0.39 is 35.7 Å². The van der Waals surface area contributed by atoms with E-state index in [1.54, 1.807) is 36.5 Å². The van der Waals surface area contributed by atoms with Crippen molar-refractivity contribution in [3.05, 3.63) is 84.2 Å². The Morgan fingerprint density at radius 1 is 0.947 bits per heavy atom. The number of pyridine rings is 1. The maximum absolute atomic E-state index is 13.0. The van der Waals surface area contributed by atoms with Crippen LogP contribution in [0.1, 0.15) is 28.9 Å². The van der Waals surface area contributed by atoms with Gasteiger partial charge in [-0.05, 0) is 48.2 Å². The standard InChI is InChI=1S/C29H29N3O6/c30-27(26(25(35)14-17-33)29(37)32-16-3-5-23-4-1-2-15-31-23)28(36)22-8-6-20(7-9-22)21-10-12-24(13-11-21)38-19-18-34/h1-2,4,6-13,15-16,26,30,33-34H,3,5,14,17-19H2. The topological polar surface area (TPSA) is 150 Å². The number of amides is 1. The fraction of sp³-hybridized carbons (Fsp3) is 0.241. The number of nitrogens with zero attached hydrogens (tertiary/aromatic N) is 2. The molecule has 1 atom stereocenters. The summed E-state index contributed by atoms with van der Waals surface area (Å²) in [7, 11) is 0. The molecule has 0 saturated heterocycles. The van der Waals surface area contributed by atoms with Gasteiger partial charge in [0.1, 0.15) is 18.3 Å². The van der Waals surface area contributed by atoms with Crippen LogP contribution >= 0.6 is 0 Å². The van der Waals surface area contributed by atoms with Gasteiger partial charge in [-0.15, -0.1) is 0 Å². The number of aliphatic imine (C=N–C) groups is 1. The Labute approximate surface area is 220 Å². The number of aromatic nitrogens is 1. The van der Waals surface area contributed by atoms with Crippen LogP contribution in [0.5, 0.6) is 5.75 Å². The fourth-order valence-corrected chi connectivity index (χ4v) is 3.67. The number of aliphatic hydroxyl groups excluding tert-OH is 2. The van der Waals surface area contributed by atoms with Crippen molar-refractivity contribution in [2.75, 3.05) is 19.8 Å². The molecule has 196 valence electrons. The van der Waals surface area contributed by atoms with Gasteiger partial charge in [0.2, 0.25) is 5.78 Å². The van der Waals surface area contributed by atoms with E-state index in [9.17, 15) is 19.5 Å². The van der Waals surface area contributed by atoms with E-state index in [0.29, 0.717) is 18.6 Å². The van der Waals surface area contributed by atoms with Crippen molar-refractivity contribution in [1.82, 2.24) is 4.98 Å². The molecule has 0 fully saturated rings. The zero-order valence-corrected chi connectivity index (χ0v) is 20.7. The van der Waals surface area contributed by atoms with E-state index in [1.165, 1.54) is 18.3 Å². The van der Waals surface area contributed by atoms with E-state index in [2.05, 4.69) is 9.98 Å². The summed E-state index contributed by atoms with van der Waals surface area (Å²) >= 11 is 0. The van der Waals surface area contributed by atoms with Crippen molar-refractivity contribution in [3.8, 4) is 16.9 Å². The molecule has 3 rings (SSSR count). The van der Waals surface area contributed by atoms with E-state index in [1.807, 2.05) is 24.3 Å². The van der Waals surface area contributed by atoms with Crippen LogP contribution in [-0.4, -0.2) is 64.4 Å². The second kappa shape index (κ2) is 14.4. The van der Waals surface area contributed by atoms with Gasteiger partial charge < -0.3 is 14.9 Å². The third-order valence-corrected chi connectivity index (χ3v) is 5.63. The minimum atomic E-state index is -1.69. The van der Waals surface area contributed by atoms with Gasteiger partial charge in [-0.2, -0.15) is 0 Å². The molecule has 3 N–H and O–H groups in total. The number of hydrogen-bond acceptors (Lipinski definition) is 8. The van der Waals surface area contributed by atoms with Gasteiger partial charge in [0.25, 0.3) is 5.91 Å². The van der Waals surface area contributed by atoms with E-state index in [0.717, 1.165) is 16.8 Å². The minimum Gasteiger partial charge on any atom is -0.491 e. The number of ether oxygens (including phenoxy) is 1. The zero-order valence-electron chi connectivity index (χ0n) is 20.7. The summed E-state index contributed by atoms with van der Waals surface area (Å²) in [5, 5.41) is 26.4. The predicted octanol–water partition coefficient (Wildman–Crippen LogP) is 3.12. The highest BCUT2D eigenvalue weighted by atomic mass is 16.5. The van der Waals surface area contributed by atoms with Crippen molar-refractivity contribution < 1.29 is 29.3 Å². The molecular formula is C29H29N3O6. The van der Waals surface area contributed by atoms with Crippen molar-refractivity contribution >= 4 is 29.4 Å². The zero-order chi connectivity index (χ0) is 27.3. The lowest BCUT2D eigenvalue weighted by Crippen LogP contribution is -2.35. The maximum Gasteiger partial charge on any atom is 0.262 e. The first-order chi connectivity index (χ1) is 18.4. The SMILES string of the molecule is N=C(C(=O)c1ccc(-c2ccc(OCCO)cc2)cc1)C(C(=O)CCO)C(=O)N=CCCc1ccccn1. The maximum atomic E-state index is 13.0. The molecule has 0 bridgehead atoms. The molecule has 9 nitrogen and oxygen atoms in total. The number of rotatable bonds is 14. The molecule has 9 heteroatoms. The number of Topliss-reactive ketones (excluding diaryl/α,β-unsaturated/α-hetero) is 2. The van der Waals surface area contributed by atoms with Crippen LogP contribution < -0.4 is 4.74 Å². The molecule has 1 unspecified atom stereocenters. The predicted molar refractivity (Wildman–Crippen MR) is 143 cm³/mol. The Balaban J connectivity index is 1.69. The average molecular weight is 516 g/mol. The first-order valence-corrected chi connectivity index (χ1v) is 12.1. The molecular weight excluding hydrogens is 486 g/mol. The minimum absolute atomic E-state index is 0.0807. The smallest absolute Gasteiger partial charge is 0.262 e. The summed E-state index contributed by atoms with van der Waals surface area (Å²) in [5.41, 5.74) is 1.95. The molecule has 1 aromatic heterocycles. The van der Waals surface area contributed by atoms with Gasteiger partial charge in [-0.1, -0.05) is 42.5 Å². The van der Waals surface area contributed by atoms with Crippen molar-refractivity contribution in [3.63, 3.8) is 0 Å². The summed E-state index contributed by atoms with van der Waals surface area (Å²) < 4.78 is 5.35. The quantitative estimate of drug-likeness (QED) is 0.170. The van der Waals surface area contributed by atoms with Crippen LogP contribution in [0.15, 0.2) is 77.9 Å². The number of hydrogen-bond donors (Lipinski definition) is 3. The second-order valence-electron chi connectivity index (χ2n) is 8.30. The fourth-order valence-electron chi connectivity index (χ4n) is 3.67. The third kappa shape index (κ3) is 7.83. The summed E-state index contributed by atoms with van der Waals surface area (Å²) in [6, 6.07) is 19.1. The molecule has 0 aliphatic rings. The summed E-state index contributed by atoms with van der Waals surface area (Å²) in [4.78, 5) is 46.3. The largest absolute Gasteiger partial charge is 0.491 e. The number of aryl methyl sites for hydroxylation is 1. The Morgan fingerprint density at radius 3 is 2.24 bits per heavy atom. The van der Waals surface area contributed by atoms with Gasteiger partial charge in [0.15, 0.2) is 5.78 Å². The molecule has 1 heterocycles. The molecule has 2 aromatic carbocycles. The third-order valence-electron chi connectivity index (χ3n) is 5.63. The van der Waals surface area contributed by atoms with Crippen LogP contribution in [-0.2, 0) is 16.0 Å². The lowest BCUT2D eigenvalue weighted by molar-refractivity contribution is -0.129. The highest BCUT2D eigenvalue weighted by Crippen LogP contribution is 2.23. The number of carbonyl (C=O) groups excluding carboxylic acids is 3. The van der Waals surface area contributed by atoms with Gasteiger partial charge in [0, 0.05) is 30.1 Å². The summed E-state index contributed by atoms with van der Waals surface area (Å²) in [6.07, 6.45) is 3.57. The van der Waals surface area contributed by atoms with Crippen LogP contribution in [0.4, 0.5) is 0 Å². The Bertz CT molecular complexity index is 1270. The molecule has 0 aliphatic heterocycles. The normalized spacial score (nSPS) is 11.7. The Kier molecular flexibility index (Phi) is 10.7. The molecule has 3 aromatic rings. The van der Waals surface area contributed by atoms with E-state index in [-0.39, 0.29) is 25.2 Å². The molecule has 0 saturated carbocycles. The van der Waals surface area contributed by atoms with Crippen molar-refractivity contribution in [2.45, 2.75) is 19.3 Å². The van der Waals surface area contributed by atoms with Crippen LogP contribution in [0.25, 0.3) is 11.1 Å². The average Bonchev–Trinajstić information content (AvgIpc) is 2.95. The monoisotopic (exact) mass is 515 g/mol.